The van der Waals surface area contributed by atoms with Crippen molar-refractivity contribution in [2.45, 2.75) is 19.4 Å². The van der Waals surface area contributed by atoms with Gasteiger partial charge in [0, 0.05) is 5.56 Å². The van der Waals surface area contributed by atoms with Crippen molar-refractivity contribution in [3.63, 3.8) is 0 Å². The van der Waals surface area contributed by atoms with Crippen LogP contribution in [0.25, 0.3) is 0 Å². The summed E-state index contributed by atoms with van der Waals surface area (Å²) in [5.41, 5.74) is 5.46. The topological polar surface area (TPSA) is 119 Å². The van der Waals surface area contributed by atoms with Crippen LogP contribution < -0.4 is 15.8 Å². The molecule has 0 radical (unpaired) electrons. The van der Waals surface area contributed by atoms with Crippen LogP contribution in [0.1, 0.15) is 23.7 Å². The van der Waals surface area contributed by atoms with Gasteiger partial charge in [0.05, 0.1) is 13.0 Å². The maximum atomic E-state index is 11.4. The smallest absolute Gasteiger partial charge is 0.325 e. The number of amides is 2. The summed E-state index contributed by atoms with van der Waals surface area (Å²) in [7, 11) is 0. The Morgan fingerprint density at radius 1 is 1.30 bits per heavy atom. The van der Waals surface area contributed by atoms with Crippen LogP contribution in [0.3, 0.4) is 0 Å². The van der Waals surface area contributed by atoms with Crippen molar-refractivity contribution in [3.05, 3.63) is 29.8 Å². The summed E-state index contributed by atoms with van der Waals surface area (Å²) in [5.74, 6) is -1.54. The molecule has 0 saturated carbocycles. The molecule has 1 rings (SSSR count). The minimum absolute atomic E-state index is 0.0369. The van der Waals surface area contributed by atoms with Crippen LogP contribution in [0.5, 0.6) is 5.75 Å². The number of carbonyl (C=O) groups is 3. The van der Waals surface area contributed by atoms with Crippen LogP contribution in [0.2, 0.25) is 0 Å². The molecule has 0 bridgehead atoms. The number of ether oxygens (including phenoxy) is 1. The predicted octanol–water partition coefficient (Wildman–Crippen LogP) is 0.144. The van der Waals surface area contributed by atoms with E-state index >= 15 is 0 Å². The molecule has 20 heavy (non-hydrogen) atoms. The third kappa shape index (κ3) is 4.97. The zero-order valence-electron chi connectivity index (χ0n) is 11.0. The molecule has 7 heteroatoms. The molecule has 0 aliphatic carbocycles. The second kappa shape index (κ2) is 7.13. The molecule has 4 N–H and O–H groups in total. The molecule has 2 amide bonds. The van der Waals surface area contributed by atoms with Crippen molar-refractivity contribution in [1.29, 1.82) is 0 Å². The normalized spacial score (nSPS) is 11.4. The average molecular weight is 280 g/mol. The summed E-state index contributed by atoms with van der Waals surface area (Å²) in [6, 6.07) is 5.24. The SMILES string of the molecule is CC(NC(=O)CCOc1ccc(C(N)=O)cc1)C(=O)O. The van der Waals surface area contributed by atoms with Gasteiger partial charge in [-0.1, -0.05) is 0 Å². The molecule has 7 nitrogen and oxygen atoms in total. The highest BCUT2D eigenvalue weighted by atomic mass is 16.5. The quantitative estimate of drug-likeness (QED) is 0.656. The Bertz CT molecular complexity index is 498. The summed E-state index contributed by atoms with van der Waals surface area (Å²) in [6.07, 6.45) is 0.0369. The van der Waals surface area contributed by atoms with E-state index in [0.717, 1.165) is 0 Å². The molecule has 0 fully saturated rings. The number of hydrogen-bond donors (Lipinski definition) is 3. The fraction of sp³-hybridized carbons (Fsp3) is 0.308. The molecular weight excluding hydrogens is 264 g/mol. The minimum atomic E-state index is -1.10. The number of carbonyl (C=O) groups excluding carboxylic acids is 2. The Morgan fingerprint density at radius 3 is 2.40 bits per heavy atom. The van der Waals surface area contributed by atoms with Gasteiger partial charge in [0.15, 0.2) is 0 Å². The maximum absolute atomic E-state index is 11.4. The lowest BCUT2D eigenvalue weighted by molar-refractivity contribution is -0.141. The third-order valence-corrected chi connectivity index (χ3v) is 2.48. The summed E-state index contributed by atoms with van der Waals surface area (Å²) >= 11 is 0. The van der Waals surface area contributed by atoms with Crippen LogP contribution in [0, 0.1) is 0 Å². The minimum Gasteiger partial charge on any atom is -0.493 e. The van der Waals surface area contributed by atoms with Crippen molar-refractivity contribution in [1.82, 2.24) is 5.32 Å². The summed E-state index contributed by atoms with van der Waals surface area (Å²) in [5, 5.41) is 10.9. The Balaban J connectivity index is 2.35. The molecule has 0 aromatic heterocycles. The molecule has 1 atom stereocenters. The van der Waals surface area contributed by atoms with E-state index in [9.17, 15) is 14.4 Å². The molecule has 0 aliphatic heterocycles. The number of carboxylic acid groups (broad SMARTS) is 1. The second-order valence-corrected chi connectivity index (χ2v) is 4.11. The first-order valence-electron chi connectivity index (χ1n) is 5.95. The predicted molar refractivity (Wildman–Crippen MR) is 70.3 cm³/mol. The van der Waals surface area contributed by atoms with Gasteiger partial charge in [0.25, 0.3) is 0 Å². The third-order valence-electron chi connectivity index (χ3n) is 2.48. The largest absolute Gasteiger partial charge is 0.493 e. The second-order valence-electron chi connectivity index (χ2n) is 4.11. The first-order valence-corrected chi connectivity index (χ1v) is 5.95. The van der Waals surface area contributed by atoms with Gasteiger partial charge >= 0.3 is 5.97 Å². The van der Waals surface area contributed by atoms with Gasteiger partial charge in [0.2, 0.25) is 11.8 Å². The molecule has 1 aromatic rings. The van der Waals surface area contributed by atoms with Gasteiger partial charge in [-0.25, -0.2) is 0 Å². The number of nitrogens with two attached hydrogens (primary N) is 1. The number of benzene rings is 1. The zero-order chi connectivity index (χ0) is 15.1. The Labute approximate surface area is 115 Å². The monoisotopic (exact) mass is 280 g/mol. The number of nitrogens with one attached hydrogen (secondary N) is 1. The Hall–Kier alpha value is -2.57. The first kappa shape index (κ1) is 15.5. The number of hydrogen-bond acceptors (Lipinski definition) is 4. The van der Waals surface area contributed by atoms with E-state index in [4.69, 9.17) is 15.6 Å². The molecule has 0 heterocycles. The summed E-state index contributed by atoms with van der Waals surface area (Å²) in [6.45, 7) is 1.48. The number of rotatable bonds is 7. The van der Waals surface area contributed by atoms with E-state index in [1.54, 1.807) is 12.1 Å². The summed E-state index contributed by atoms with van der Waals surface area (Å²) < 4.78 is 5.29. The van der Waals surface area contributed by atoms with E-state index < -0.39 is 23.8 Å². The van der Waals surface area contributed by atoms with E-state index in [2.05, 4.69) is 5.32 Å². The van der Waals surface area contributed by atoms with E-state index in [1.807, 2.05) is 0 Å². The van der Waals surface area contributed by atoms with Crippen molar-refractivity contribution in [2.75, 3.05) is 6.61 Å². The first-order chi connectivity index (χ1) is 9.40. The van der Waals surface area contributed by atoms with Crippen molar-refractivity contribution in [2.24, 2.45) is 5.73 Å². The lowest BCUT2D eigenvalue weighted by Gasteiger charge is -2.10. The number of aliphatic carboxylic acids is 1. The molecule has 0 saturated heterocycles. The molecule has 0 spiro atoms. The van der Waals surface area contributed by atoms with Crippen molar-refractivity contribution >= 4 is 17.8 Å². The van der Waals surface area contributed by atoms with Crippen LogP contribution in [0.15, 0.2) is 24.3 Å². The summed E-state index contributed by atoms with van der Waals surface area (Å²) in [4.78, 5) is 32.8. The Kier molecular flexibility index (Phi) is 5.52. The molecule has 1 unspecified atom stereocenters. The van der Waals surface area contributed by atoms with Crippen LogP contribution >= 0.6 is 0 Å². The van der Waals surface area contributed by atoms with E-state index in [0.29, 0.717) is 11.3 Å². The number of carboxylic acids is 1. The highest BCUT2D eigenvalue weighted by Crippen LogP contribution is 2.11. The highest BCUT2D eigenvalue weighted by molar-refractivity contribution is 5.92. The fourth-order valence-corrected chi connectivity index (χ4v) is 1.35. The lowest BCUT2D eigenvalue weighted by atomic mass is 10.2. The van der Waals surface area contributed by atoms with Gasteiger partial charge in [-0.05, 0) is 31.2 Å². The molecular formula is C13H16N2O5. The van der Waals surface area contributed by atoms with Gasteiger partial charge < -0.3 is 20.9 Å². The van der Waals surface area contributed by atoms with Crippen LogP contribution in [0.4, 0.5) is 0 Å². The van der Waals surface area contributed by atoms with Crippen molar-refractivity contribution < 1.29 is 24.2 Å². The van der Waals surface area contributed by atoms with Gasteiger partial charge in [-0.15, -0.1) is 0 Å². The van der Waals surface area contributed by atoms with Gasteiger partial charge in [-0.2, -0.15) is 0 Å². The average Bonchev–Trinajstić information content (AvgIpc) is 2.39. The van der Waals surface area contributed by atoms with E-state index in [1.165, 1.54) is 19.1 Å². The maximum Gasteiger partial charge on any atom is 0.325 e. The van der Waals surface area contributed by atoms with Crippen LogP contribution in [-0.4, -0.2) is 35.5 Å². The number of primary amides is 1. The molecule has 0 aliphatic rings. The Morgan fingerprint density at radius 2 is 1.90 bits per heavy atom. The molecule has 108 valence electrons. The standard InChI is InChI=1S/C13H16N2O5/c1-8(13(18)19)15-11(16)6-7-20-10-4-2-9(3-5-10)12(14)17/h2-5,8H,6-7H2,1H3,(H2,14,17)(H,15,16)(H,18,19). The van der Waals surface area contributed by atoms with Gasteiger partial charge in [-0.3, -0.25) is 14.4 Å². The van der Waals surface area contributed by atoms with E-state index in [-0.39, 0.29) is 13.0 Å². The molecule has 1 aromatic carbocycles. The van der Waals surface area contributed by atoms with Crippen molar-refractivity contribution in [3.8, 4) is 5.75 Å². The fourth-order valence-electron chi connectivity index (χ4n) is 1.35. The zero-order valence-corrected chi connectivity index (χ0v) is 11.0. The van der Waals surface area contributed by atoms with Crippen LogP contribution in [-0.2, 0) is 9.59 Å². The van der Waals surface area contributed by atoms with Gasteiger partial charge in [0.1, 0.15) is 11.8 Å². The highest BCUT2D eigenvalue weighted by Gasteiger charge is 2.13. The lowest BCUT2D eigenvalue weighted by Crippen LogP contribution is -2.38.